The van der Waals surface area contributed by atoms with E-state index >= 15 is 0 Å². The van der Waals surface area contributed by atoms with Crippen LogP contribution in [-0.2, 0) is 4.79 Å². The third-order valence-corrected chi connectivity index (χ3v) is 3.16. The minimum Gasteiger partial charge on any atom is -0.309 e. The number of para-hydroxylation sites is 1. The number of hydrogen-bond donors (Lipinski definition) is 0. The molecule has 1 aromatic carbocycles. The van der Waals surface area contributed by atoms with Crippen molar-refractivity contribution in [3.63, 3.8) is 0 Å². The normalized spacial score (nSPS) is 24.9. The van der Waals surface area contributed by atoms with Gasteiger partial charge >= 0.3 is 0 Å². The van der Waals surface area contributed by atoms with E-state index < -0.39 is 0 Å². The van der Waals surface area contributed by atoms with Gasteiger partial charge in [0.25, 0.3) is 0 Å². The first-order valence-corrected chi connectivity index (χ1v) is 5.01. The molecule has 0 bridgehead atoms. The average molecular weight is 189 g/mol. The van der Waals surface area contributed by atoms with Crippen LogP contribution < -0.4 is 4.90 Å². The molecule has 2 rings (SSSR count). The summed E-state index contributed by atoms with van der Waals surface area (Å²) in [5, 5.41) is 0. The third-order valence-electron chi connectivity index (χ3n) is 3.16. The lowest BCUT2D eigenvalue weighted by molar-refractivity contribution is -0.116. The van der Waals surface area contributed by atoms with Crippen LogP contribution in [0, 0.1) is 0 Å². The van der Waals surface area contributed by atoms with Gasteiger partial charge in [-0.05, 0) is 18.6 Å². The second-order valence-corrected chi connectivity index (χ2v) is 3.98. The highest BCUT2D eigenvalue weighted by Crippen LogP contribution is 2.40. The first-order valence-electron chi connectivity index (χ1n) is 5.01. The quantitative estimate of drug-likeness (QED) is 0.614. The first kappa shape index (κ1) is 9.25. The predicted molar refractivity (Wildman–Crippen MR) is 57.5 cm³/mol. The van der Waals surface area contributed by atoms with Crippen LogP contribution in [0.3, 0.4) is 0 Å². The van der Waals surface area contributed by atoms with Gasteiger partial charge in [-0.3, -0.25) is 4.79 Å². The molecule has 0 aliphatic carbocycles. The maximum absolute atomic E-state index is 11.5. The maximum atomic E-state index is 11.5. The Kier molecular flexibility index (Phi) is 2.06. The zero-order valence-corrected chi connectivity index (χ0v) is 8.82. The summed E-state index contributed by atoms with van der Waals surface area (Å²) in [6.45, 7) is 5.91. The van der Waals surface area contributed by atoms with Crippen molar-refractivity contribution in [1.82, 2.24) is 0 Å². The summed E-state index contributed by atoms with van der Waals surface area (Å²) in [6, 6.07) is 8.44. The Hall–Kier alpha value is -1.31. The van der Waals surface area contributed by atoms with Crippen molar-refractivity contribution in [3.8, 4) is 0 Å². The number of fused-ring (bicyclic) bond motifs is 1. The molecular weight excluding hydrogens is 174 g/mol. The molecule has 2 atom stereocenters. The van der Waals surface area contributed by atoms with E-state index in [9.17, 15) is 4.79 Å². The summed E-state index contributed by atoms with van der Waals surface area (Å²) in [6.07, 6.45) is 0. The van der Waals surface area contributed by atoms with E-state index in [1.807, 2.05) is 23.1 Å². The first-order chi connectivity index (χ1) is 6.63. The highest BCUT2D eigenvalue weighted by atomic mass is 16.2. The van der Waals surface area contributed by atoms with Crippen LogP contribution in [0.1, 0.15) is 32.3 Å². The minimum absolute atomic E-state index is 0.134. The van der Waals surface area contributed by atoms with Crippen LogP contribution in [0.4, 0.5) is 5.69 Å². The topological polar surface area (TPSA) is 20.3 Å². The van der Waals surface area contributed by atoms with Gasteiger partial charge in [-0.2, -0.15) is 0 Å². The van der Waals surface area contributed by atoms with E-state index in [1.165, 1.54) is 5.56 Å². The third kappa shape index (κ3) is 1.14. The van der Waals surface area contributed by atoms with Gasteiger partial charge in [-0.1, -0.05) is 25.1 Å². The number of rotatable bonds is 0. The molecule has 74 valence electrons. The second kappa shape index (κ2) is 3.12. The number of benzene rings is 1. The van der Waals surface area contributed by atoms with E-state index in [2.05, 4.69) is 19.9 Å². The van der Waals surface area contributed by atoms with Crippen molar-refractivity contribution < 1.29 is 4.79 Å². The zero-order valence-electron chi connectivity index (χ0n) is 8.82. The molecule has 1 amide bonds. The molecule has 0 spiro atoms. The predicted octanol–water partition coefficient (Wildman–Crippen LogP) is 2.55. The zero-order chi connectivity index (χ0) is 10.3. The van der Waals surface area contributed by atoms with Crippen molar-refractivity contribution in [1.29, 1.82) is 0 Å². The molecule has 1 aromatic rings. The Bertz CT molecular complexity index is 372. The standard InChI is InChI=1S/C12H15NO/c1-8-9(2)13(10(3)14)12-7-5-4-6-11(8)12/h4-9H,1-3H3/t8-,9+/m1/s1. The second-order valence-electron chi connectivity index (χ2n) is 3.98. The summed E-state index contributed by atoms with van der Waals surface area (Å²) >= 11 is 0. The van der Waals surface area contributed by atoms with Crippen molar-refractivity contribution in [2.24, 2.45) is 0 Å². The molecule has 0 N–H and O–H groups in total. The Morgan fingerprint density at radius 2 is 1.93 bits per heavy atom. The van der Waals surface area contributed by atoms with E-state index in [0.29, 0.717) is 5.92 Å². The van der Waals surface area contributed by atoms with Gasteiger partial charge in [0, 0.05) is 24.6 Å². The summed E-state index contributed by atoms with van der Waals surface area (Å²) < 4.78 is 0. The molecule has 2 heteroatoms. The lowest BCUT2D eigenvalue weighted by atomic mass is 9.98. The number of carbonyl (C=O) groups is 1. The number of nitrogens with zero attached hydrogens (tertiary/aromatic N) is 1. The van der Waals surface area contributed by atoms with Crippen LogP contribution in [0.15, 0.2) is 24.3 Å². The lowest BCUT2D eigenvalue weighted by Gasteiger charge is -2.22. The molecule has 2 nitrogen and oxygen atoms in total. The smallest absolute Gasteiger partial charge is 0.224 e. The molecule has 0 aromatic heterocycles. The van der Waals surface area contributed by atoms with Gasteiger partial charge in [0.1, 0.15) is 0 Å². The SMILES string of the molecule is CC(=O)N1c2ccccc2[C@H](C)[C@@H]1C. The maximum Gasteiger partial charge on any atom is 0.224 e. The number of carbonyl (C=O) groups excluding carboxylic acids is 1. The van der Waals surface area contributed by atoms with Gasteiger partial charge in [0.05, 0.1) is 0 Å². The fourth-order valence-electron chi connectivity index (χ4n) is 2.25. The largest absolute Gasteiger partial charge is 0.309 e. The van der Waals surface area contributed by atoms with E-state index in [4.69, 9.17) is 0 Å². The Morgan fingerprint density at radius 3 is 2.57 bits per heavy atom. The Balaban J connectivity index is 2.53. The van der Waals surface area contributed by atoms with Gasteiger partial charge in [0.2, 0.25) is 5.91 Å². The minimum atomic E-state index is 0.134. The highest BCUT2D eigenvalue weighted by molar-refractivity contribution is 5.94. The molecule has 0 unspecified atom stereocenters. The van der Waals surface area contributed by atoms with Crippen LogP contribution in [0.25, 0.3) is 0 Å². The molecule has 0 saturated heterocycles. The lowest BCUT2D eigenvalue weighted by Crippen LogP contribution is -2.34. The molecule has 0 fully saturated rings. The summed E-state index contributed by atoms with van der Waals surface area (Å²) in [5.41, 5.74) is 2.37. The molecule has 1 heterocycles. The van der Waals surface area contributed by atoms with E-state index in [0.717, 1.165) is 5.69 Å². The summed E-state index contributed by atoms with van der Waals surface area (Å²) in [4.78, 5) is 13.4. The summed E-state index contributed by atoms with van der Waals surface area (Å²) in [5.74, 6) is 0.574. The highest BCUT2D eigenvalue weighted by Gasteiger charge is 2.34. The number of hydrogen-bond acceptors (Lipinski definition) is 1. The Labute approximate surface area is 84.5 Å². The van der Waals surface area contributed by atoms with Crippen molar-refractivity contribution in [3.05, 3.63) is 29.8 Å². The van der Waals surface area contributed by atoms with Gasteiger partial charge in [-0.15, -0.1) is 0 Å². The molecule has 1 aliphatic rings. The monoisotopic (exact) mass is 189 g/mol. The van der Waals surface area contributed by atoms with Crippen molar-refractivity contribution in [2.75, 3.05) is 4.90 Å². The van der Waals surface area contributed by atoms with Gasteiger partial charge in [0.15, 0.2) is 0 Å². The molecule has 0 saturated carbocycles. The van der Waals surface area contributed by atoms with E-state index in [-0.39, 0.29) is 11.9 Å². The fourth-order valence-corrected chi connectivity index (χ4v) is 2.25. The van der Waals surface area contributed by atoms with Crippen LogP contribution in [0.2, 0.25) is 0 Å². The molecule has 14 heavy (non-hydrogen) atoms. The van der Waals surface area contributed by atoms with E-state index in [1.54, 1.807) is 6.92 Å². The van der Waals surface area contributed by atoms with Gasteiger partial charge < -0.3 is 4.90 Å². The number of anilines is 1. The fraction of sp³-hybridized carbons (Fsp3) is 0.417. The summed E-state index contributed by atoms with van der Waals surface area (Å²) in [7, 11) is 0. The molecular formula is C12H15NO. The van der Waals surface area contributed by atoms with Crippen LogP contribution >= 0.6 is 0 Å². The molecule has 1 aliphatic heterocycles. The number of amides is 1. The average Bonchev–Trinajstić information content (AvgIpc) is 2.41. The van der Waals surface area contributed by atoms with Gasteiger partial charge in [-0.25, -0.2) is 0 Å². The van der Waals surface area contributed by atoms with Crippen LogP contribution in [0.5, 0.6) is 0 Å². The Morgan fingerprint density at radius 1 is 1.29 bits per heavy atom. The molecule has 0 radical (unpaired) electrons. The van der Waals surface area contributed by atoms with Crippen molar-refractivity contribution in [2.45, 2.75) is 32.7 Å². The van der Waals surface area contributed by atoms with Crippen LogP contribution in [-0.4, -0.2) is 11.9 Å². The van der Waals surface area contributed by atoms with Crippen molar-refractivity contribution >= 4 is 11.6 Å².